The zero-order chi connectivity index (χ0) is 15.5. The molecule has 5 heteroatoms. The molecule has 2 aromatic rings. The van der Waals surface area contributed by atoms with E-state index < -0.39 is 0 Å². The number of aryl methyl sites for hydroxylation is 1. The highest BCUT2D eigenvalue weighted by Crippen LogP contribution is 2.28. The first-order valence-corrected chi connectivity index (χ1v) is 8.02. The van der Waals surface area contributed by atoms with E-state index in [1.54, 1.807) is 16.7 Å². The zero-order valence-corrected chi connectivity index (χ0v) is 13.0. The zero-order valence-electron chi connectivity index (χ0n) is 13.0. The summed E-state index contributed by atoms with van der Waals surface area (Å²) in [5, 5.41) is 8.93. The Bertz CT molecular complexity index is 707. The lowest BCUT2D eigenvalue weighted by Gasteiger charge is -2.21. The molecule has 22 heavy (non-hydrogen) atoms. The van der Waals surface area contributed by atoms with Crippen LogP contribution in [0, 0.1) is 6.92 Å². The van der Waals surface area contributed by atoms with Gasteiger partial charge in [0.15, 0.2) is 0 Å². The van der Waals surface area contributed by atoms with Crippen molar-refractivity contribution in [3.63, 3.8) is 0 Å². The SMILES string of the molecule is Cc1cccn2c(=O)cc(CN(CCCCO)C3CC3)nc12. The Morgan fingerprint density at radius 3 is 2.95 bits per heavy atom. The summed E-state index contributed by atoms with van der Waals surface area (Å²) in [6, 6.07) is 6.12. The Morgan fingerprint density at radius 1 is 1.41 bits per heavy atom. The Hall–Kier alpha value is -1.72. The van der Waals surface area contributed by atoms with Crippen molar-refractivity contribution in [1.82, 2.24) is 14.3 Å². The highest BCUT2D eigenvalue weighted by Gasteiger charge is 2.28. The second-order valence-electron chi connectivity index (χ2n) is 6.10. The number of nitrogens with zero attached hydrogens (tertiary/aromatic N) is 3. The van der Waals surface area contributed by atoms with E-state index in [-0.39, 0.29) is 12.2 Å². The summed E-state index contributed by atoms with van der Waals surface area (Å²) in [6.45, 7) is 3.90. The van der Waals surface area contributed by atoms with Gasteiger partial charge >= 0.3 is 0 Å². The largest absolute Gasteiger partial charge is 0.396 e. The summed E-state index contributed by atoms with van der Waals surface area (Å²) in [5.74, 6) is 0. The molecular weight excluding hydrogens is 278 g/mol. The van der Waals surface area contributed by atoms with Gasteiger partial charge in [0.05, 0.1) is 5.69 Å². The number of hydrogen-bond donors (Lipinski definition) is 1. The summed E-state index contributed by atoms with van der Waals surface area (Å²) >= 11 is 0. The molecule has 0 radical (unpaired) electrons. The molecular formula is C17H23N3O2. The molecule has 2 aromatic heterocycles. The monoisotopic (exact) mass is 301 g/mol. The Labute approximate surface area is 130 Å². The molecule has 5 nitrogen and oxygen atoms in total. The van der Waals surface area contributed by atoms with Gasteiger partial charge in [-0.15, -0.1) is 0 Å². The Kier molecular flexibility index (Phi) is 4.55. The minimum absolute atomic E-state index is 0.0187. The van der Waals surface area contributed by atoms with E-state index >= 15 is 0 Å². The normalized spacial score (nSPS) is 14.9. The number of aromatic nitrogens is 2. The van der Waals surface area contributed by atoms with Crippen LogP contribution in [0.1, 0.15) is 36.9 Å². The van der Waals surface area contributed by atoms with Gasteiger partial charge < -0.3 is 5.11 Å². The van der Waals surface area contributed by atoms with Gasteiger partial charge in [-0.2, -0.15) is 0 Å². The van der Waals surface area contributed by atoms with Crippen LogP contribution in [0.5, 0.6) is 0 Å². The fourth-order valence-corrected chi connectivity index (χ4v) is 2.86. The van der Waals surface area contributed by atoms with E-state index in [0.29, 0.717) is 6.04 Å². The van der Waals surface area contributed by atoms with Gasteiger partial charge in [0.2, 0.25) is 0 Å². The Morgan fingerprint density at radius 2 is 2.23 bits per heavy atom. The fraction of sp³-hybridized carbons (Fsp3) is 0.529. The lowest BCUT2D eigenvalue weighted by Crippen LogP contribution is -2.28. The van der Waals surface area contributed by atoms with Crippen molar-refractivity contribution in [1.29, 1.82) is 0 Å². The molecule has 0 unspecified atom stereocenters. The lowest BCUT2D eigenvalue weighted by molar-refractivity contribution is 0.227. The molecule has 1 N–H and O–H groups in total. The van der Waals surface area contributed by atoms with Crippen LogP contribution >= 0.6 is 0 Å². The molecule has 1 aliphatic rings. The molecule has 1 fully saturated rings. The van der Waals surface area contributed by atoms with Gasteiger partial charge in [-0.3, -0.25) is 14.1 Å². The minimum atomic E-state index is -0.0187. The van der Waals surface area contributed by atoms with Crippen molar-refractivity contribution in [3.05, 3.63) is 46.0 Å². The minimum Gasteiger partial charge on any atom is -0.396 e. The van der Waals surface area contributed by atoms with Gasteiger partial charge in [-0.05, 0) is 50.8 Å². The molecule has 0 atom stereocenters. The van der Waals surface area contributed by atoms with Gasteiger partial charge in [0.1, 0.15) is 5.65 Å². The molecule has 1 aliphatic carbocycles. The van der Waals surface area contributed by atoms with Gasteiger partial charge in [-0.1, -0.05) is 6.07 Å². The third-order valence-electron chi connectivity index (χ3n) is 4.22. The molecule has 118 valence electrons. The van der Waals surface area contributed by atoms with E-state index in [9.17, 15) is 4.79 Å². The number of unbranched alkanes of at least 4 members (excludes halogenated alkanes) is 1. The van der Waals surface area contributed by atoms with Crippen LogP contribution in [0.25, 0.3) is 5.65 Å². The number of aliphatic hydroxyl groups excluding tert-OH is 1. The molecule has 0 spiro atoms. The predicted molar refractivity (Wildman–Crippen MR) is 86.0 cm³/mol. The van der Waals surface area contributed by atoms with Gasteiger partial charge in [0, 0.05) is 31.5 Å². The van der Waals surface area contributed by atoms with Crippen molar-refractivity contribution >= 4 is 5.65 Å². The molecule has 0 aromatic carbocycles. The van der Waals surface area contributed by atoms with Crippen LogP contribution in [0.3, 0.4) is 0 Å². The maximum atomic E-state index is 12.3. The number of hydrogen-bond acceptors (Lipinski definition) is 4. The van der Waals surface area contributed by atoms with E-state index in [2.05, 4.69) is 9.88 Å². The first kappa shape index (κ1) is 15.2. The molecule has 3 rings (SSSR count). The molecule has 1 saturated carbocycles. The van der Waals surface area contributed by atoms with Crippen LogP contribution in [0.2, 0.25) is 0 Å². The summed E-state index contributed by atoms with van der Waals surface area (Å²) in [5.41, 5.74) is 2.58. The van der Waals surface area contributed by atoms with Gasteiger partial charge in [-0.25, -0.2) is 4.98 Å². The standard InChI is InChI=1S/C17H23N3O2/c1-13-5-4-9-20-16(22)11-14(18-17(13)20)12-19(15-6-7-15)8-2-3-10-21/h4-5,9,11,15,21H,2-3,6-8,10,12H2,1H3. The number of pyridine rings is 1. The van der Waals surface area contributed by atoms with Gasteiger partial charge in [0.25, 0.3) is 5.56 Å². The first-order valence-electron chi connectivity index (χ1n) is 8.02. The van der Waals surface area contributed by atoms with Crippen molar-refractivity contribution in [3.8, 4) is 0 Å². The maximum Gasteiger partial charge on any atom is 0.258 e. The van der Waals surface area contributed by atoms with E-state index in [1.807, 2.05) is 19.1 Å². The molecule has 0 bridgehead atoms. The number of rotatable bonds is 7. The van der Waals surface area contributed by atoms with Crippen molar-refractivity contribution in [2.45, 2.75) is 45.2 Å². The second kappa shape index (κ2) is 6.58. The summed E-state index contributed by atoms with van der Waals surface area (Å²) in [4.78, 5) is 19.3. The molecule has 0 saturated heterocycles. The average molecular weight is 301 g/mol. The quantitative estimate of drug-likeness (QED) is 0.792. The molecule has 0 amide bonds. The highest BCUT2D eigenvalue weighted by atomic mass is 16.2. The second-order valence-corrected chi connectivity index (χ2v) is 6.10. The van der Waals surface area contributed by atoms with Crippen molar-refractivity contribution in [2.24, 2.45) is 0 Å². The predicted octanol–water partition coefficient (Wildman–Crippen LogP) is 1.74. The smallest absolute Gasteiger partial charge is 0.258 e. The van der Waals surface area contributed by atoms with Crippen LogP contribution in [0.15, 0.2) is 29.2 Å². The first-order chi connectivity index (χ1) is 10.7. The fourth-order valence-electron chi connectivity index (χ4n) is 2.86. The van der Waals surface area contributed by atoms with E-state index in [4.69, 9.17) is 5.11 Å². The van der Waals surface area contributed by atoms with E-state index in [0.717, 1.165) is 42.8 Å². The van der Waals surface area contributed by atoms with Crippen LogP contribution in [0.4, 0.5) is 0 Å². The van der Waals surface area contributed by atoms with Crippen molar-refractivity contribution in [2.75, 3.05) is 13.2 Å². The summed E-state index contributed by atoms with van der Waals surface area (Å²) in [6.07, 6.45) is 6.03. The van der Waals surface area contributed by atoms with Crippen molar-refractivity contribution < 1.29 is 5.11 Å². The lowest BCUT2D eigenvalue weighted by atomic mass is 10.2. The third kappa shape index (κ3) is 3.36. The van der Waals surface area contributed by atoms with Crippen LogP contribution in [-0.2, 0) is 6.54 Å². The Balaban J connectivity index is 1.83. The summed E-state index contributed by atoms with van der Waals surface area (Å²) < 4.78 is 1.60. The highest BCUT2D eigenvalue weighted by molar-refractivity contribution is 5.46. The molecule has 2 heterocycles. The van der Waals surface area contributed by atoms with Crippen LogP contribution in [-0.4, -0.2) is 38.6 Å². The maximum absolute atomic E-state index is 12.3. The summed E-state index contributed by atoms with van der Waals surface area (Å²) in [7, 11) is 0. The third-order valence-corrected chi connectivity index (χ3v) is 4.22. The average Bonchev–Trinajstić information content (AvgIpc) is 3.32. The van der Waals surface area contributed by atoms with E-state index in [1.165, 1.54) is 12.8 Å². The number of aliphatic hydroxyl groups is 1. The topological polar surface area (TPSA) is 57.8 Å². The van der Waals surface area contributed by atoms with Crippen LogP contribution < -0.4 is 5.56 Å². The molecule has 0 aliphatic heterocycles. The number of fused-ring (bicyclic) bond motifs is 1.